The number of carbonyl (C=O) groups excluding carboxylic acids is 3. The van der Waals surface area contributed by atoms with Crippen molar-refractivity contribution >= 4 is 17.7 Å². The molecule has 1 saturated carbocycles. The second-order valence-electron chi connectivity index (χ2n) is 7.07. The van der Waals surface area contributed by atoms with Crippen LogP contribution in [0.15, 0.2) is 0 Å². The maximum atomic E-state index is 13.0. The third kappa shape index (κ3) is 2.50. The van der Waals surface area contributed by atoms with Crippen molar-refractivity contribution in [3.05, 3.63) is 0 Å². The van der Waals surface area contributed by atoms with Crippen molar-refractivity contribution in [2.75, 3.05) is 13.6 Å². The Morgan fingerprint density at radius 2 is 1.95 bits per heavy atom. The molecule has 2 fully saturated rings. The summed E-state index contributed by atoms with van der Waals surface area (Å²) in [6.45, 7) is 6.29. The third-order valence-corrected chi connectivity index (χ3v) is 4.61. The molecule has 0 bridgehead atoms. The van der Waals surface area contributed by atoms with E-state index in [4.69, 9.17) is 5.73 Å². The zero-order valence-corrected chi connectivity index (χ0v) is 12.9. The fourth-order valence-electron chi connectivity index (χ4n) is 3.34. The van der Waals surface area contributed by atoms with Gasteiger partial charge in [-0.15, -0.1) is 0 Å². The summed E-state index contributed by atoms with van der Waals surface area (Å²) in [7, 11) is 1.50. The fourth-order valence-corrected chi connectivity index (χ4v) is 3.34. The summed E-state index contributed by atoms with van der Waals surface area (Å²) >= 11 is 0. The Morgan fingerprint density at radius 3 is 2.38 bits per heavy atom. The predicted molar refractivity (Wildman–Crippen MR) is 77.4 cm³/mol. The van der Waals surface area contributed by atoms with Crippen LogP contribution in [0.25, 0.3) is 0 Å². The highest BCUT2D eigenvalue weighted by Crippen LogP contribution is 2.60. The number of urea groups is 1. The molecule has 0 spiro atoms. The Bertz CT molecular complexity index is 485. The lowest BCUT2D eigenvalue weighted by Crippen LogP contribution is -2.57. The molecule has 2 aliphatic rings. The molecule has 7 heteroatoms. The third-order valence-electron chi connectivity index (χ3n) is 4.61. The minimum Gasteiger partial charge on any atom is -0.368 e. The number of hydrogen-bond acceptors (Lipinski definition) is 4. The Kier molecular flexibility index (Phi) is 3.73. The molecule has 7 nitrogen and oxygen atoms in total. The van der Waals surface area contributed by atoms with Crippen LogP contribution in [0.2, 0.25) is 0 Å². The number of nitrogens with one attached hydrogen (secondary N) is 3. The van der Waals surface area contributed by atoms with E-state index < -0.39 is 34.9 Å². The molecule has 1 aliphatic heterocycles. The fraction of sp³-hybridized carbons (Fsp3) is 0.786. The average molecular weight is 296 g/mol. The molecule has 1 heterocycles. The van der Waals surface area contributed by atoms with Crippen molar-refractivity contribution in [1.82, 2.24) is 16.0 Å². The van der Waals surface area contributed by atoms with Gasteiger partial charge in [0.15, 0.2) is 5.78 Å². The molecule has 3 amide bonds. The van der Waals surface area contributed by atoms with Gasteiger partial charge in [-0.3, -0.25) is 9.59 Å². The van der Waals surface area contributed by atoms with Crippen LogP contribution in [-0.2, 0) is 9.59 Å². The normalized spacial score (nSPS) is 32.0. The number of fused-ring (bicyclic) bond motifs is 1. The second-order valence-corrected chi connectivity index (χ2v) is 7.07. The van der Waals surface area contributed by atoms with Crippen LogP contribution in [0.3, 0.4) is 0 Å². The Hall–Kier alpha value is -1.63. The van der Waals surface area contributed by atoms with E-state index in [-0.39, 0.29) is 11.7 Å². The monoisotopic (exact) mass is 296 g/mol. The first-order valence-corrected chi connectivity index (χ1v) is 7.20. The number of primary amides is 1. The number of Topliss-reactive ketones (excluding diaryl/α,β-unsaturated/α-hetero) is 1. The van der Waals surface area contributed by atoms with Gasteiger partial charge in [0.25, 0.3) is 0 Å². The molecule has 0 aromatic heterocycles. The quantitative estimate of drug-likeness (QED) is 0.553. The summed E-state index contributed by atoms with van der Waals surface area (Å²) in [6, 6.07) is -1.70. The largest absolute Gasteiger partial charge is 0.368 e. The number of ketones is 1. The van der Waals surface area contributed by atoms with Gasteiger partial charge in [-0.1, -0.05) is 20.8 Å². The van der Waals surface area contributed by atoms with E-state index in [2.05, 4.69) is 16.0 Å². The van der Waals surface area contributed by atoms with Gasteiger partial charge in [-0.2, -0.15) is 0 Å². The van der Waals surface area contributed by atoms with Gasteiger partial charge >= 0.3 is 6.03 Å². The summed E-state index contributed by atoms with van der Waals surface area (Å²) in [4.78, 5) is 36.3. The lowest BCUT2D eigenvalue weighted by molar-refractivity contribution is -0.133. The molecule has 0 aromatic carbocycles. The highest BCUT2D eigenvalue weighted by atomic mass is 16.2. The SMILES string of the molecule is CNC(=O)N[C@H](C(=O)C12CC1CNC2C(N)=O)C(C)(C)C. The second kappa shape index (κ2) is 4.98. The van der Waals surface area contributed by atoms with E-state index in [1.54, 1.807) is 0 Å². The summed E-state index contributed by atoms with van der Waals surface area (Å²) in [6.07, 6.45) is 0.661. The number of hydrogen-bond donors (Lipinski definition) is 4. The molecule has 0 aromatic rings. The van der Waals surface area contributed by atoms with Crippen molar-refractivity contribution in [1.29, 1.82) is 0 Å². The molecular formula is C14H24N4O3. The topological polar surface area (TPSA) is 113 Å². The number of amides is 3. The summed E-state index contributed by atoms with van der Waals surface area (Å²) in [5.74, 6) is -0.466. The lowest BCUT2D eigenvalue weighted by atomic mass is 9.76. The zero-order valence-electron chi connectivity index (χ0n) is 12.9. The average Bonchev–Trinajstić information content (AvgIpc) is 2.99. The number of rotatable bonds is 4. The molecule has 1 aliphatic carbocycles. The van der Waals surface area contributed by atoms with Crippen molar-refractivity contribution in [2.45, 2.75) is 39.3 Å². The lowest BCUT2D eigenvalue weighted by Gasteiger charge is -2.34. The predicted octanol–water partition coefficient (Wildman–Crippen LogP) is -0.637. The van der Waals surface area contributed by atoms with Gasteiger partial charge in [0, 0.05) is 7.05 Å². The standard InChI is InChI=1S/C14H24N4O3/c1-13(2,3)8(18-12(21)16-4)10(19)14-5-7(14)6-17-9(14)11(15)20/h7-9,17H,5-6H2,1-4H3,(H2,15,20)(H2,16,18,21)/t7?,8-,9?,14?/m1/s1. The molecule has 0 radical (unpaired) electrons. The molecule has 4 atom stereocenters. The van der Waals surface area contributed by atoms with E-state index in [0.29, 0.717) is 13.0 Å². The van der Waals surface area contributed by atoms with Crippen LogP contribution in [0.5, 0.6) is 0 Å². The molecule has 5 N–H and O–H groups in total. The molecule has 2 rings (SSSR count). The van der Waals surface area contributed by atoms with Gasteiger partial charge in [-0.05, 0) is 24.3 Å². The number of nitrogens with two attached hydrogens (primary N) is 1. The van der Waals surface area contributed by atoms with Crippen molar-refractivity contribution < 1.29 is 14.4 Å². The first-order chi connectivity index (χ1) is 9.64. The van der Waals surface area contributed by atoms with Gasteiger partial charge < -0.3 is 21.7 Å². The van der Waals surface area contributed by atoms with Gasteiger partial charge in [-0.25, -0.2) is 4.79 Å². The Morgan fingerprint density at radius 1 is 1.33 bits per heavy atom. The zero-order chi connectivity index (χ0) is 16.0. The van der Waals surface area contributed by atoms with Crippen LogP contribution < -0.4 is 21.7 Å². The van der Waals surface area contributed by atoms with Crippen LogP contribution in [0.1, 0.15) is 27.2 Å². The van der Waals surface area contributed by atoms with E-state index in [9.17, 15) is 14.4 Å². The minimum absolute atomic E-state index is 0.0996. The highest BCUT2D eigenvalue weighted by molar-refractivity contribution is 6.01. The van der Waals surface area contributed by atoms with Crippen LogP contribution >= 0.6 is 0 Å². The maximum Gasteiger partial charge on any atom is 0.315 e. The van der Waals surface area contributed by atoms with Crippen molar-refractivity contribution in [3.8, 4) is 0 Å². The van der Waals surface area contributed by atoms with E-state index >= 15 is 0 Å². The van der Waals surface area contributed by atoms with Gasteiger partial charge in [0.05, 0.1) is 17.5 Å². The molecule has 21 heavy (non-hydrogen) atoms. The summed E-state index contributed by atoms with van der Waals surface area (Å²) < 4.78 is 0. The number of carbonyl (C=O) groups is 3. The van der Waals surface area contributed by atoms with Gasteiger partial charge in [0.2, 0.25) is 5.91 Å². The van der Waals surface area contributed by atoms with Crippen LogP contribution in [0.4, 0.5) is 4.79 Å². The van der Waals surface area contributed by atoms with Gasteiger partial charge in [0.1, 0.15) is 0 Å². The molecule has 118 valence electrons. The number of piperidine rings is 1. The highest BCUT2D eigenvalue weighted by Gasteiger charge is 2.70. The Balaban J connectivity index is 2.27. The van der Waals surface area contributed by atoms with Crippen molar-refractivity contribution in [3.63, 3.8) is 0 Å². The van der Waals surface area contributed by atoms with Crippen molar-refractivity contribution in [2.24, 2.45) is 22.5 Å². The first-order valence-electron chi connectivity index (χ1n) is 7.20. The van der Waals surface area contributed by atoms with E-state index in [0.717, 1.165) is 0 Å². The van der Waals surface area contributed by atoms with Crippen LogP contribution in [0, 0.1) is 16.7 Å². The molecule has 3 unspecified atom stereocenters. The van der Waals surface area contributed by atoms with E-state index in [1.807, 2.05) is 20.8 Å². The smallest absolute Gasteiger partial charge is 0.315 e. The Labute approximate surface area is 124 Å². The minimum atomic E-state index is -0.745. The summed E-state index contributed by atoms with van der Waals surface area (Å²) in [5.41, 5.74) is 4.23. The summed E-state index contributed by atoms with van der Waals surface area (Å²) in [5, 5.41) is 8.21. The molecule has 1 saturated heterocycles. The van der Waals surface area contributed by atoms with Crippen LogP contribution in [-0.4, -0.2) is 43.4 Å². The van der Waals surface area contributed by atoms with E-state index in [1.165, 1.54) is 7.05 Å². The maximum absolute atomic E-state index is 13.0. The molecular weight excluding hydrogens is 272 g/mol. The first kappa shape index (κ1) is 15.8.